The van der Waals surface area contributed by atoms with Gasteiger partial charge in [-0.3, -0.25) is 0 Å². The van der Waals surface area contributed by atoms with E-state index in [9.17, 15) is 0 Å². The van der Waals surface area contributed by atoms with Crippen LogP contribution in [0.1, 0.15) is 25.8 Å². The van der Waals surface area contributed by atoms with Gasteiger partial charge in [-0.15, -0.1) is 0 Å². The SMILES string of the molecule is Cc1ccc(N2CC(CN)CC2(C)C)c(Br)c1. The summed E-state index contributed by atoms with van der Waals surface area (Å²) in [5.74, 6) is 0.609. The fraction of sp³-hybridized carbons (Fsp3) is 0.571. The Morgan fingerprint density at radius 1 is 1.47 bits per heavy atom. The Hall–Kier alpha value is -0.540. The summed E-state index contributed by atoms with van der Waals surface area (Å²) in [5.41, 5.74) is 8.59. The second-order valence-electron chi connectivity index (χ2n) is 5.68. The van der Waals surface area contributed by atoms with Crippen molar-refractivity contribution in [2.24, 2.45) is 11.7 Å². The van der Waals surface area contributed by atoms with Crippen molar-refractivity contribution in [3.05, 3.63) is 28.2 Å². The van der Waals surface area contributed by atoms with Gasteiger partial charge < -0.3 is 10.6 Å². The summed E-state index contributed by atoms with van der Waals surface area (Å²) < 4.78 is 1.18. The van der Waals surface area contributed by atoms with Crippen LogP contribution in [-0.2, 0) is 0 Å². The van der Waals surface area contributed by atoms with Gasteiger partial charge in [-0.2, -0.15) is 0 Å². The first-order valence-corrected chi connectivity index (χ1v) is 6.97. The molecular weight excluding hydrogens is 276 g/mol. The van der Waals surface area contributed by atoms with E-state index in [-0.39, 0.29) is 5.54 Å². The Kier molecular flexibility index (Phi) is 3.50. The molecule has 0 radical (unpaired) electrons. The largest absolute Gasteiger partial charge is 0.365 e. The lowest BCUT2D eigenvalue weighted by atomic mass is 9.96. The maximum absolute atomic E-state index is 5.82. The average molecular weight is 297 g/mol. The van der Waals surface area contributed by atoms with Crippen molar-refractivity contribution in [1.29, 1.82) is 0 Å². The number of anilines is 1. The van der Waals surface area contributed by atoms with Crippen molar-refractivity contribution in [3.8, 4) is 0 Å². The minimum atomic E-state index is 0.196. The Morgan fingerprint density at radius 2 is 2.18 bits per heavy atom. The van der Waals surface area contributed by atoms with E-state index in [0.29, 0.717) is 5.92 Å². The Balaban J connectivity index is 2.33. The van der Waals surface area contributed by atoms with Crippen LogP contribution in [0.3, 0.4) is 0 Å². The molecule has 0 aromatic heterocycles. The summed E-state index contributed by atoms with van der Waals surface area (Å²) >= 11 is 3.68. The smallest absolute Gasteiger partial charge is 0.0515 e. The zero-order valence-corrected chi connectivity index (χ0v) is 12.4. The molecule has 1 aromatic rings. The molecule has 1 unspecified atom stereocenters. The van der Waals surface area contributed by atoms with Crippen molar-refractivity contribution in [3.63, 3.8) is 0 Å². The first kappa shape index (κ1) is 12.9. The molecule has 0 amide bonds. The fourth-order valence-electron chi connectivity index (χ4n) is 2.80. The van der Waals surface area contributed by atoms with Crippen LogP contribution in [0, 0.1) is 12.8 Å². The highest BCUT2D eigenvalue weighted by molar-refractivity contribution is 9.10. The first-order valence-electron chi connectivity index (χ1n) is 6.18. The Labute approximate surface area is 112 Å². The molecule has 3 heteroatoms. The summed E-state index contributed by atoms with van der Waals surface area (Å²) in [5, 5.41) is 0. The van der Waals surface area contributed by atoms with Crippen LogP contribution in [0.4, 0.5) is 5.69 Å². The topological polar surface area (TPSA) is 29.3 Å². The van der Waals surface area contributed by atoms with Gasteiger partial charge >= 0.3 is 0 Å². The second-order valence-corrected chi connectivity index (χ2v) is 6.54. The lowest BCUT2D eigenvalue weighted by Gasteiger charge is -2.34. The molecule has 2 nitrogen and oxygen atoms in total. The van der Waals surface area contributed by atoms with E-state index in [4.69, 9.17) is 5.73 Å². The lowest BCUT2D eigenvalue weighted by molar-refractivity contribution is 0.476. The zero-order valence-electron chi connectivity index (χ0n) is 10.8. The van der Waals surface area contributed by atoms with Gasteiger partial charge in [-0.05, 0) is 73.3 Å². The van der Waals surface area contributed by atoms with Crippen molar-refractivity contribution in [2.75, 3.05) is 18.0 Å². The zero-order chi connectivity index (χ0) is 12.6. The van der Waals surface area contributed by atoms with Crippen LogP contribution >= 0.6 is 15.9 Å². The molecular formula is C14H21BrN2. The summed E-state index contributed by atoms with van der Waals surface area (Å²) in [7, 11) is 0. The van der Waals surface area contributed by atoms with Crippen LogP contribution < -0.4 is 10.6 Å². The van der Waals surface area contributed by atoms with Gasteiger partial charge in [0.2, 0.25) is 0 Å². The molecule has 1 aliphatic heterocycles. The predicted molar refractivity (Wildman–Crippen MR) is 77.5 cm³/mol. The number of rotatable bonds is 2. The summed E-state index contributed by atoms with van der Waals surface area (Å²) in [6.07, 6.45) is 1.17. The molecule has 0 aliphatic carbocycles. The number of aryl methyl sites for hydroxylation is 1. The maximum atomic E-state index is 5.82. The molecule has 94 valence electrons. The van der Waals surface area contributed by atoms with Crippen LogP contribution in [0.5, 0.6) is 0 Å². The number of nitrogens with zero attached hydrogens (tertiary/aromatic N) is 1. The molecule has 1 aliphatic rings. The van der Waals surface area contributed by atoms with Gasteiger partial charge in [0.05, 0.1) is 5.69 Å². The van der Waals surface area contributed by atoms with E-state index in [1.807, 2.05) is 0 Å². The van der Waals surface area contributed by atoms with Crippen LogP contribution in [-0.4, -0.2) is 18.6 Å². The van der Waals surface area contributed by atoms with E-state index in [2.05, 4.69) is 59.8 Å². The molecule has 1 aromatic carbocycles. The fourth-order valence-corrected chi connectivity index (χ4v) is 3.51. The Morgan fingerprint density at radius 3 is 2.71 bits per heavy atom. The third-order valence-corrected chi connectivity index (χ3v) is 4.32. The predicted octanol–water partition coefficient (Wildman–Crippen LogP) is 3.32. The van der Waals surface area contributed by atoms with Crippen molar-refractivity contribution in [2.45, 2.75) is 32.7 Å². The molecule has 1 heterocycles. The van der Waals surface area contributed by atoms with Gasteiger partial charge in [0.25, 0.3) is 0 Å². The Bertz CT molecular complexity index is 415. The molecule has 1 atom stereocenters. The monoisotopic (exact) mass is 296 g/mol. The van der Waals surface area contributed by atoms with Gasteiger partial charge in [0.15, 0.2) is 0 Å². The van der Waals surface area contributed by atoms with E-state index >= 15 is 0 Å². The standard InChI is InChI=1S/C14H21BrN2/c1-10-4-5-13(12(15)6-10)17-9-11(8-16)7-14(17,2)3/h4-6,11H,7-9,16H2,1-3H3. The molecule has 1 saturated heterocycles. The lowest BCUT2D eigenvalue weighted by Crippen LogP contribution is -2.38. The van der Waals surface area contributed by atoms with Gasteiger partial charge in [0.1, 0.15) is 0 Å². The van der Waals surface area contributed by atoms with E-state index in [0.717, 1.165) is 13.1 Å². The molecule has 0 saturated carbocycles. The second kappa shape index (κ2) is 4.62. The minimum absolute atomic E-state index is 0.196. The van der Waals surface area contributed by atoms with Crippen LogP contribution in [0.2, 0.25) is 0 Å². The summed E-state index contributed by atoms with van der Waals surface area (Å²) in [6.45, 7) is 8.56. The molecule has 1 fully saturated rings. The third-order valence-electron chi connectivity index (χ3n) is 3.69. The van der Waals surface area contributed by atoms with E-state index in [1.54, 1.807) is 0 Å². The first-order chi connectivity index (χ1) is 7.94. The summed E-state index contributed by atoms with van der Waals surface area (Å²) in [4.78, 5) is 2.48. The maximum Gasteiger partial charge on any atom is 0.0515 e. The van der Waals surface area contributed by atoms with Crippen molar-refractivity contribution < 1.29 is 0 Å². The average Bonchev–Trinajstić information content (AvgIpc) is 2.54. The number of nitrogens with two attached hydrogens (primary N) is 1. The minimum Gasteiger partial charge on any atom is -0.365 e. The van der Waals surface area contributed by atoms with Crippen molar-refractivity contribution >= 4 is 21.6 Å². The van der Waals surface area contributed by atoms with Gasteiger partial charge in [-0.25, -0.2) is 0 Å². The normalized spacial score (nSPS) is 23.1. The highest BCUT2D eigenvalue weighted by Gasteiger charge is 2.38. The quantitative estimate of drug-likeness (QED) is 0.907. The highest BCUT2D eigenvalue weighted by atomic mass is 79.9. The molecule has 17 heavy (non-hydrogen) atoms. The molecule has 0 spiro atoms. The number of benzene rings is 1. The van der Waals surface area contributed by atoms with E-state index < -0.39 is 0 Å². The van der Waals surface area contributed by atoms with Crippen LogP contribution in [0.15, 0.2) is 22.7 Å². The number of halogens is 1. The van der Waals surface area contributed by atoms with E-state index in [1.165, 1.54) is 22.1 Å². The van der Waals surface area contributed by atoms with Crippen LogP contribution in [0.25, 0.3) is 0 Å². The van der Waals surface area contributed by atoms with Gasteiger partial charge in [-0.1, -0.05) is 6.07 Å². The highest BCUT2D eigenvalue weighted by Crippen LogP contribution is 2.39. The number of hydrogen-bond donors (Lipinski definition) is 1. The molecule has 0 bridgehead atoms. The van der Waals surface area contributed by atoms with Gasteiger partial charge in [0, 0.05) is 16.6 Å². The third kappa shape index (κ3) is 2.50. The molecule has 2 N–H and O–H groups in total. The van der Waals surface area contributed by atoms with Crippen molar-refractivity contribution in [1.82, 2.24) is 0 Å². The molecule has 2 rings (SSSR count). The number of hydrogen-bond acceptors (Lipinski definition) is 2. The summed E-state index contributed by atoms with van der Waals surface area (Å²) in [6, 6.07) is 6.56.